The predicted molar refractivity (Wildman–Crippen MR) is 108 cm³/mol. The van der Waals surface area contributed by atoms with Crippen LogP contribution < -0.4 is 15.9 Å². The molecular formula is C17H20ClN6O2P. The number of nitrogens with one attached hydrogen (secondary N) is 2. The van der Waals surface area contributed by atoms with E-state index in [9.17, 15) is 4.57 Å². The molecule has 27 heavy (non-hydrogen) atoms. The quantitative estimate of drug-likeness (QED) is 0.518. The van der Waals surface area contributed by atoms with Crippen molar-refractivity contribution in [2.24, 2.45) is 0 Å². The summed E-state index contributed by atoms with van der Waals surface area (Å²) >= 11 is 6.06. The van der Waals surface area contributed by atoms with E-state index in [0.29, 0.717) is 40.0 Å². The van der Waals surface area contributed by atoms with E-state index in [-0.39, 0.29) is 6.61 Å². The van der Waals surface area contributed by atoms with Crippen LogP contribution in [-0.4, -0.2) is 44.8 Å². The van der Waals surface area contributed by atoms with Gasteiger partial charge in [-0.1, -0.05) is 11.6 Å². The Balaban J connectivity index is 1.81. The summed E-state index contributed by atoms with van der Waals surface area (Å²) in [4.78, 5) is 8.61. The highest BCUT2D eigenvalue weighted by atomic mass is 35.5. The van der Waals surface area contributed by atoms with Crippen LogP contribution in [0.2, 0.25) is 5.02 Å². The van der Waals surface area contributed by atoms with E-state index in [0.717, 1.165) is 0 Å². The zero-order valence-corrected chi connectivity index (χ0v) is 16.6. The van der Waals surface area contributed by atoms with Crippen molar-refractivity contribution in [1.29, 1.82) is 0 Å². The number of aromatic nitrogens is 4. The first kappa shape index (κ1) is 19.4. The monoisotopic (exact) mass is 406 g/mol. The molecule has 3 rings (SSSR count). The topological polar surface area (TPSA) is 105 Å². The molecule has 0 unspecified atom stereocenters. The summed E-state index contributed by atoms with van der Waals surface area (Å²) in [6.07, 6.45) is 4.99. The highest BCUT2D eigenvalue weighted by Gasteiger charge is 2.17. The molecule has 0 spiro atoms. The van der Waals surface area contributed by atoms with Gasteiger partial charge in [0.2, 0.25) is 5.95 Å². The number of aliphatic hydroxyl groups excluding tert-OH is 1. The Hall–Kier alpha value is -2.41. The average molecular weight is 407 g/mol. The number of aliphatic hydroxyl groups is 1. The molecule has 142 valence electrons. The smallest absolute Gasteiger partial charge is 0.229 e. The maximum absolute atomic E-state index is 12.6. The minimum Gasteiger partial charge on any atom is -0.394 e. The van der Waals surface area contributed by atoms with Crippen molar-refractivity contribution in [1.82, 2.24) is 19.7 Å². The van der Waals surface area contributed by atoms with Crippen LogP contribution in [-0.2, 0) is 11.1 Å². The zero-order valence-electron chi connectivity index (χ0n) is 14.9. The lowest BCUT2D eigenvalue weighted by Gasteiger charge is -2.15. The van der Waals surface area contributed by atoms with Crippen LogP contribution >= 0.6 is 18.7 Å². The third-order valence-corrected chi connectivity index (χ3v) is 5.44. The van der Waals surface area contributed by atoms with Crippen molar-refractivity contribution in [3.05, 3.63) is 47.9 Å². The van der Waals surface area contributed by atoms with Crippen LogP contribution in [0.3, 0.4) is 0 Å². The van der Waals surface area contributed by atoms with Crippen LogP contribution in [0.25, 0.3) is 0 Å². The average Bonchev–Trinajstić information content (AvgIpc) is 3.03. The predicted octanol–water partition coefficient (Wildman–Crippen LogP) is 3.05. The van der Waals surface area contributed by atoms with Crippen molar-refractivity contribution < 1.29 is 9.67 Å². The van der Waals surface area contributed by atoms with E-state index in [1.807, 2.05) is 0 Å². The molecule has 0 saturated carbocycles. The van der Waals surface area contributed by atoms with Crippen molar-refractivity contribution in [3.63, 3.8) is 0 Å². The van der Waals surface area contributed by atoms with Gasteiger partial charge < -0.3 is 20.3 Å². The van der Waals surface area contributed by atoms with Crippen molar-refractivity contribution in [2.45, 2.75) is 6.54 Å². The van der Waals surface area contributed by atoms with Gasteiger partial charge in [-0.05, 0) is 37.6 Å². The molecule has 0 aliphatic carbocycles. The first-order chi connectivity index (χ1) is 12.8. The molecule has 0 aliphatic rings. The lowest BCUT2D eigenvalue weighted by atomic mass is 10.3. The van der Waals surface area contributed by atoms with Gasteiger partial charge in [0.15, 0.2) is 0 Å². The SMILES string of the molecule is CP(C)(=O)c1cc(Cl)ccc1Nc1ccnc(Nc2cnn(CCO)c2)n1. The maximum atomic E-state index is 12.6. The lowest BCUT2D eigenvalue weighted by Crippen LogP contribution is -2.10. The maximum Gasteiger partial charge on any atom is 0.229 e. The molecule has 0 saturated heterocycles. The van der Waals surface area contributed by atoms with Gasteiger partial charge in [0.25, 0.3) is 0 Å². The summed E-state index contributed by atoms with van der Waals surface area (Å²) in [6, 6.07) is 6.94. The second-order valence-corrected chi connectivity index (χ2v) is 9.86. The minimum atomic E-state index is -2.53. The summed E-state index contributed by atoms with van der Waals surface area (Å²) in [6.45, 7) is 3.82. The highest BCUT2D eigenvalue weighted by molar-refractivity contribution is 7.70. The second kappa shape index (κ2) is 8.08. The summed E-state index contributed by atoms with van der Waals surface area (Å²) in [5, 5.41) is 20.5. The molecule has 2 aromatic heterocycles. The molecule has 0 atom stereocenters. The first-order valence-corrected chi connectivity index (χ1v) is 11.2. The fourth-order valence-corrected chi connectivity index (χ4v) is 3.87. The Kier molecular flexibility index (Phi) is 5.79. The van der Waals surface area contributed by atoms with E-state index >= 15 is 0 Å². The van der Waals surface area contributed by atoms with Gasteiger partial charge in [-0.25, -0.2) is 4.98 Å². The van der Waals surface area contributed by atoms with Crippen LogP contribution in [0.4, 0.5) is 23.1 Å². The van der Waals surface area contributed by atoms with Crippen molar-refractivity contribution >= 4 is 47.2 Å². The molecule has 0 fully saturated rings. The fraction of sp³-hybridized carbons (Fsp3) is 0.235. The number of halogens is 1. The molecule has 0 radical (unpaired) electrons. The first-order valence-electron chi connectivity index (χ1n) is 8.20. The van der Waals surface area contributed by atoms with Crippen LogP contribution in [0.5, 0.6) is 0 Å². The van der Waals surface area contributed by atoms with E-state index < -0.39 is 7.14 Å². The largest absolute Gasteiger partial charge is 0.394 e. The minimum absolute atomic E-state index is 0.0131. The number of nitrogens with zero attached hydrogens (tertiary/aromatic N) is 4. The van der Waals surface area contributed by atoms with Gasteiger partial charge in [0.05, 0.1) is 30.7 Å². The summed E-state index contributed by atoms with van der Waals surface area (Å²) in [5.41, 5.74) is 1.40. The second-order valence-electron chi connectivity index (χ2n) is 6.24. The molecule has 1 aromatic carbocycles. The number of anilines is 4. The molecule has 3 N–H and O–H groups in total. The van der Waals surface area contributed by atoms with Crippen LogP contribution in [0, 0.1) is 0 Å². The van der Waals surface area contributed by atoms with E-state index in [2.05, 4.69) is 25.7 Å². The molecule has 8 nitrogen and oxygen atoms in total. The van der Waals surface area contributed by atoms with Gasteiger partial charge in [-0.15, -0.1) is 0 Å². The van der Waals surface area contributed by atoms with Gasteiger partial charge in [0, 0.05) is 22.7 Å². The highest BCUT2D eigenvalue weighted by Crippen LogP contribution is 2.39. The summed E-state index contributed by atoms with van der Waals surface area (Å²) in [7, 11) is -2.53. The van der Waals surface area contributed by atoms with E-state index in [4.69, 9.17) is 16.7 Å². The van der Waals surface area contributed by atoms with Crippen molar-refractivity contribution in [3.8, 4) is 0 Å². The summed E-state index contributed by atoms with van der Waals surface area (Å²) in [5.74, 6) is 0.933. The normalized spacial score (nSPS) is 11.4. The van der Waals surface area contributed by atoms with E-state index in [1.165, 1.54) is 0 Å². The van der Waals surface area contributed by atoms with Gasteiger partial charge in [0.1, 0.15) is 13.0 Å². The van der Waals surface area contributed by atoms with Crippen LogP contribution in [0.15, 0.2) is 42.9 Å². The molecule has 10 heteroatoms. The lowest BCUT2D eigenvalue weighted by molar-refractivity contribution is 0.269. The van der Waals surface area contributed by atoms with E-state index in [1.54, 1.807) is 60.9 Å². The third kappa shape index (κ3) is 5.07. The number of benzene rings is 1. The Morgan fingerprint density at radius 1 is 1.26 bits per heavy atom. The Labute approximate surface area is 162 Å². The number of rotatable bonds is 7. The zero-order chi connectivity index (χ0) is 19.4. The molecular weight excluding hydrogens is 387 g/mol. The van der Waals surface area contributed by atoms with Gasteiger partial charge >= 0.3 is 0 Å². The van der Waals surface area contributed by atoms with Crippen molar-refractivity contribution in [2.75, 3.05) is 30.6 Å². The third-order valence-electron chi connectivity index (χ3n) is 3.68. The molecule has 0 amide bonds. The molecule has 0 bridgehead atoms. The number of hydrogen-bond acceptors (Lipinski definition) is 7. The van der Waals surface area contributed by atoms with Gasteiger partial charge in [-0.2, -0.15) is 10.1 Å². The Morgan fingerprint density at radius 2 is 2.07 bits per heavy atom. The molecule has 3 aromatic rings. The molecule has 0 aliphatic heterocycles. The fourth-order valence-electron chi connectivity index (χ4n) is 2.46. The van der Waals surface area contributed by atoms with Crippen LogP contribution in [0.1, 0.15) is 0 Å². The standard InChI is InChI=1S/C17H20ClN6O2P/c1-27(2,26)15-9-12(18)3-4-14(15)22-16-5-6-19-17(23-16)21-13-10-20-24(11-13)7-8-25/h3-6,9-11,25H,7-8H2,1-2H3,(H2,19,21,22,23). The Bertz CT molecular complexity index is 987. The van der Waals surface area contributed by atoms with Gasteiger partial charge in [-0.3, -0.25) is 4.68 Å². The molecule has 2 heterocycles. The Morgan fingerprint density at radius 3 is 2.81 bits per heavy atom. The number of hydrogen-bond donors (Lipinski definition) is 3. The summed E-state index contributed by atoms with van der Waals surface area (Å²) < 4.78 is 14.2.